The summed E-state index contributed by atoms with van der Waals surface area (Å²) in [4.78, 5) is 12.1. The Kier molecular flexibility index (Phi) is 4.46. The SMILES string of the molecule is CC(C)(NC(=O)Cc1ccc(Cl)cc1)c1ccccc1. The highest BCUT2D eigenvalue weighted by Crippen LogP contribution is 2.19. The van der Waals surface area contributed by atoms with E-state index >= 15 is 0 Å². The van der Waals surface area contributed by atoms with E-state index in [0.717, 1.165) is 11.1 Å². The first-order valence-corrected chi connectivity index (χ1v) is 6.96. The van der Waals surface area contributed by atoms with Gasteiger partial charge in [-0.1, -0.05) is 54.1 Å². The molecule has 0 saturated carbocycles. The third-order valence-corrected chi connectivity index (χ3v) is 3.48. The normalized spacial score (nSPS) is 11.2. The van der Waals surface area contributed by atoms with Crippen molar-refractivity contribution in [3.63, 3.8) is 0 Å². The van der Waals surface area contributed by atoms with Crippen LogP contribution in [0.3, 0.4) is 0 Å². The fourth-order valence-corrected chi connectivity index (χ4v) is 2.23. The quantitative estimate of drug-likeness (QED) is 0.907. The van der Waals surface area contributed by atoms with Crippen LogP contribution in [-0.2, 0) is 16.8 Å². The van der Waals surface area contributed by atoms with Crippen molar-refractivity contribution < 1.29 is 4.79 Å². The van der Waals surface area contributed by atoms with Gasteiger partial charge >= 0.3 is 0 Å². The van der Waals surface area contributed by atoms with E-state index in [1.165, 1.54) is 0 Å². The van der Waals surface area contributed by atoms with Crippen molar-refractivity contribution in [3.05, 3.63) is 70.7 Å². The van der Waals surface area contributed by atoms with E-state index in [9.17, 15) is 4.79 Å². The minimum atomic E-state index is -0.384. The number of benzene rings is 2. The zero-order chi connectivity index (χ0) is 14.6. The van der Waals surface area contributed by atoms with Gasteiger partial charge in [-0.25, -0.2) is 0 Å². The molecule has 0 aliphatic carbocycles. The van der Waals surface area contributed by atoms with Crippen LogP contribution in [0.25, 0.3) is 0 Å². The number of halogens is 1. The van der Waals surface area contributed by atoms with Crippen LogP contribution in [0.5, 0.6) is 0 Å². The third-order valence-electron chi connectivity index (χ3n) is 3.23. The van der Waals surface area contributed by atoms with E-state index < -0.39 is 0 Å². The van der Waals surface area contributed by atoms with Crippen LogP contribution in [-0.4, -0.2) is 5.91 Å². The largest absolute Gasteiger partial charge is 0.347 e. The Bertz CT molecular complexity index is 576. The number of rotatable bonds is 4. The maximum absolute atomic E-state index is 12.1. The molecule has 0 saturated heterocycles. The predicted octanol–water partition coefficient (Wildman–Crippen LogP) is 3.93. The van der Waals surface area contributed by atoms with Crippen LogP contribution in [0.15, 0.2) is 54.6 Å². The molecule has 0 aliphatic rings. The molecule has 1 amide bonds. The van der Waals surface area contributed by atoms with Gasteiger partial charge in [0.1, 0.15) is 0 Å². The van der Waals surface area contributed by atoms with Gasteiger partial charge in [-0.05, 0) is 37.1 Å². The molecule has 0 unspecified atom stereocenters. The van der Waals surface area contributed by atoms with Crippen molar-refractivity contribution in [2.45, 2.75) is 25.8 Å². The van der Waals surface area contributed by atoms with E-state index in [4.69, 9.17) is 11.6 Å². The first kappa shape index (κ1) is 14.6. The molecule has 20 heavy (non-hydrogen) atoms. The Hall–Kier alpha value is -1.80. The standard InChI is InChI=1S/C17H18ClNO/c1-17(2,14-6-4-3-5-7-14)19-16(20)12-13-8-10-15(18)11-9-13/h3-11H,12H2,1-2H3,(H,19,20). The Morgan fingerprint density at radius 3 is 2.25 bits per heavy atom. The van der Waals surface area contributed by atoms with Crippen LogP contribution >= 0.6 is 11.6 Å². The van der Waals surface area contributed by atoms with Crippen LogP contribution in [0.1, 0.15) is 25.0 Å². The molecule has 0 aromatic heterocycles. The average Bonchev–Trinajstić information content (AvgIpc) is 2.42. The second-order valence-electron chi connectivity index (χ2n) is 5.34. The molecule has 2 aromatic rings. The summed E-state index contributed by atoms with van der Waals surface area (Å²) in [6.07, 6.45) is 0.355. The van der Waals surface area contributed by atoms with Gasteiger partial charge in [0.2, 0.25) is 5.91 Å². The first-order chi connectivity index (χ1) is 9.47. The monoisotopic (exact) mass is 287 g/mol. The van der Waals surface area contributed by atoms with Gasteiger partial charge in [0.25, 0.3) is 0 Å². The van der Waals surface area contributed by atoms with Crippen LogP contribution in [0.2, 0.25) is 5.02 Å². The lowest BCUT2D eigenvalue weighted by atomic mass is 9.94. The smallest absolute Gasteiger partial charge is 0.225 e. The molecule has 1 N–H and O–H groups in total. The summed E-state index contributed by atoms with van der Waals surface area (Å²) >= 11 is 5.83. The highest BCUT2D eigenvalue weighted by molar-refractivity contribution is 6.30. The molecule has 0 radical (unpaired) electrons. The number of hydrogen-bond donors (Lipinski definition) is 1. The minimum Gasteiger partial charge on any atom is -0.347 e. The summed E-state index contributed by atoms with van der Waals surface area (Å²) in [6.45, 7) is 4.00. The van der Waals surface area contributed by atoms with Gasteiger partial charge in [-0.15, -0.1) is 0 Å². The molecule has 0 atom stereocenters. The van der Waals surface area contributed by atoms with Gasteiger partial charge in [-0.2, -0.15) is 0 Å². The van der Waals surface area contributed by atoms with Crippen LogP contribution < -0.4 is 5.32 Å². The van der Waals surface area contributed by atoms with E-state index in [1.54, 1.807) is 12.1 Å². The summed E-state index contributed by atoms with van der Waals surface area (Å²) in [5, 5.41) is 3.74. The topological polar surface area (TPSA) is 29.1 Å². The number of nitrogens with one attached hydrogen (secondary N) is 1. The number of amides is 1. The molecule has 2 nitrogen and oxygen atoms in total. The molecular weight excluding hydrogens is 270 g/mol. The van der Waals surface area contributed by atoms with Crippen LogP contribution in [0, 0.1) is 0 Å². The fraction of sp³-hybridized carbons (Fsp3) is 0.235. The van der Waals surface area contributed by atoms with E-state index in [1.807, 2.05) is 56.3 Å². The summed E-state index contributed by atoms with van der Waals surface area (Å²) in [5.41, 5.74) is 1.66. The molecule has 0 fully saturated rings. The summed E-state index contributed by atoms with van der Waals surface area (Å²) in [7, 11) is 0. The Morgan fingerprint density at radius 2 is 1.65 bits per heavy atom. The predicted molar refractivity (Wildman–Crippen MR) is 82.8 cm³/mol. The van der Waals surface area contributed by atoms with Crippen molar-refractivity contribution in [3.8, 4) is 0 Å². The average molecular weight is 288 g/mol. The summed E-state index contributed by atoms with van der Waals surface area (Å²) < 4.78 is 0. The minimum absolute atomic E-state index is 0.00109. The van der Waals surface area contributed by atoms with Crippen molar-refractivity contribution in [2.24, 2.45) is 0 Å². The molecule has 3 heteroatoms. The molecule has 0 aliphatic heterocycles. The lowest BCUT2D eigenvalue weighted by molar-refractivity contribution is -0.122. The van der Waals surface area contributed by atoms with Gasteiger partial charge < -0.3 is 5.32 Å². The molecule has 0 heterocycles. The van der Waals surface area contributed by atoms with Crippen molar-refractivity contribution in [1.82, 2.24) is 5.32 Å². The first-order valence-electron chi connectivity index (χ1n) is 6.58. The van der Waals surface area contributed by atoms with Crippen molar-refractivity contribution in [1.29, 1.82) is 0 Å². The maximum atomic E-state index is 12.1. The van der Waals surface area contributed by atoms with Gasteiger partial charge in [0.15, 0.2) is 0 Å². The Labute approximate surface area is 124 Å². The Morgan fingerprint density at radius 1 is 1.05 bits per heavy atom. The number of carbonyl (C=O) groups excluding carboxylic acids is 1. The molecule has 2 rings (SSSR count). The lowest BCUT2D eigenvalue weighted by Gasteiger charge is -2.27. The third kappa shape index (κ3) is 3.84. The zero-order valence-electron chi connectivity index (χ0n) is 11.7. The van der Waals surface area contributed by atoms with Crippen molar-refractivity contribution >= 4 is 17.5 Å². The Balaban J connectivity index is 2.02. The summed E-state index contributed by atoms with van der Waals surface area (Å²) in [6, 6.07) is 17.3. The van der Waals surface area contributed by atoms with E-state index in [0.29, 0.717) is 11.4 Å². The highest BCUT2D eigenvalue weighted by atomic mass is 35.5. The molecule has 0 spiro atoms. The second kappa shape index (κ2) is 6.10. The van der Waals surface area contributed by atoms with Gasteiger partial charge in [0, 0.05) is 5.02 Å². The van der Waals surface area contributed by atoms with E-state index in [-0.39, 0.29) is 11.4 Å². The molecule has 2 aromatic carbocycles. The molecule has 0 bridgehead atoms. The molecule has 104 valence electrons. The maximum Gasteiger partial charge on any atom is 0.225 e. The lowest BCUT2D eigenvalue weighted by Crippen LogP contribution is -2.41. The fourth-order valence-electron chi connectivity index (χ4n) is 2.11. The van der Waals surface area contributed by atoms with E-state index in [2.05, 4.69) is 5.32 Å². The van der Waals surface area contributed by atoms with Gasteiger partial charge in [0.05, 0.1) is 12.0 Å². The second-order valence-corrected chi connectivity index (χ2v) is 5.78. The van der Waals surface area contributed by atoms with Crippen molar-refractivity contribution in [2.75, 3.05) is 0 Å². The molecular formula is C17H18ClNO. The van der Waals surface area contributed by atoms with Crippen LogP contribution in [0.4, 0.5) is 0 Å². The highest BCUT2D eigenvalue weighted by Gasteiger charge is 2.22. The summed E-state index contributed by atoms with van der Waals surface area (Å²) in [5.74, 6) is 0.00109. The zero-order valence-corrected chi connectivity index (χ0v) is 12.4. The van der Waals surface area contributed by atoms with Gasteiger partial charge in [-0.3, -0.25) is 4.79 Å². The number of hydrogen-bond acceptors (Lipinski definition) is 1. The number of carbonyl (C=O) groups is 1.